The molecule has 2 aromatic rings. The molecule has 3 rings (SSSR count). The smallest absolute Gasteiger partial charge is 0.267 e. The lowest BCUT2D eigenvalue weighted by molar-refractivity contribution is -0.117. The first-order chi connectivity index (χ1) is 10.9. The highest BCUT2D eigenvalue weighted by Crippen LogP contribution is 2.31. The molecule has 1 aliphatic rings. The first kappa shape index (κ1) is 15.8. The van der Waals surface area contributed by atoms with Crippen LogP contribution in [0.3, 0.4) is 0 Å². The molecule has 1 amide bonds. The summed E-state index contributed by atoms with van der Waals surface area (Å²) in [5.74, 6) is 0.0102. The minimum Gasteiger partial charge on any atom is -0.363 e. The minimum atomic E-state index is -3.87. The molecule has 2 heterocycles. The summed E-state index contributed by atoms with van der Waals surface area (Å²) in [7, 11) is -3.87. The number of nitrogens with zero attached hydrogens (tertiary/aromatic N) is 2. The second-order valence-electron chi connectivity index (χ2n) is 5.18. The van der Waals surface area contributed by atoms with Gasteiger partial charge in [-0.05, 0) is 31.5 Å². The van der Waals surface area contributed by atoms with E-state index in [-0.39, 0.29) is 27.2 Å². The topological polar surface area (TPSA) is 92.5 Å². The summed E-state index contributed by atoms with van der Waals surface area (Å²) < 4.78 is 31.8. The summed E-state index contributed by atoms with van der Waals surface area (Å²) in [6.45, 7) is 2.14. The number of amides is 1. The third-order valence-electron chi connectivity index (χ3n) is 3.57. The van der Waals surface area contributed by atoms with Crippen molar-refractivity contribution in [2.24, 2.45) is 0 Å². The maximum Gasteiger partial charge on any atom is 0.267 e. The van der Waals surface area contributed by atoms with Crippen molar-refractivity contribution in [3.8, 4) is 0 Å². The fraction of sp³-hybridized carbons (Fsp3) is 0.286. The Kier molecular flexibility index (Phi) is 4.03. The zero-order chi connectivity index (χ0) is 16.6. The number of carbonyl (C=O) groups excluding carboxylic acids is 1. The Morgan fingerprint density at radius 3 is 2.78 bits per heavy atom. The van der Waals surface area contributed by atoms with Crippen molar-refractivity contribution in [1.29, 1.82) is 0 Å². The Morgan fingerprint density at radius 2 is 2.17 bits per heavy atom. The summed E-state index contributed by atoms with van der Waals surface area (Å²) in [6, 6.07) is 4.79. The Labute approximate surface area is 138 Å². The minimum absolute atomic E-state index is 0.0102. The molecule has 7 nitrogen and oxygen atoms in total. The van der Waals surface area contributed by atoms with Crippen LogP contribution >= 0.6 is 11.6 Å². The fourth-order valence-electron chi connectivity index (χ4n) is 2.42. The van der Waals surface area contributed by atoms with E-state index in [9.17, 15) is 13.2 Å². The van der Waals surface area contributed by atoms with Crippen LogP contribution < -0.4 is 9.62 Å². The van der Waals surface area contributed by atoms with Crippen molar-refractivity contribution < 1.29 is 17.7 Å². The molecule has 0 atom stereocenters. The fourth-order valence-corrected chi connectivity index (χ4v) is 3.81. The average Bonchev–Trinajstić information content (AvgIpc) is 3.10. The molecule has 122 valence electrons. The van der Waals surface area contributed by atoms with E-state index in [1.807, 2.05) is 0 Å². The summed E-state index contributed by atoms with van der Waals surface area (Å²) >= 11 is 6.08. The van der Waals surface area contributed by atoms with Gasteiger partial charge in [-0.25, -0.2) is 8.42 Å². The molecule has 1 saturated heterocycles. The molecule has 1 aromatic carbocycles. The molecule has 0 bridgehead atoms. The van der Waals surface area contributed by atoms with Gasteiger partial charge < -0.3 is 9.42 Å². The number of carbonyl (C=O) groups is 1. The highest BCUT2D eigenvalue weighted by Gasteiger charge is 2.24. The van der Waals surface area contributed by atoms with E-state index in [0.717, 1.165) is 12.7 Å². The number of hydrogen-bond acceptors (Lipinski definition) is 5. The van der Waals surface area contributed by atoms with Gasteiger partial charge in [0, 0.05) is 18.7 Å². The summed E-state index contributed by atoms with van der Waals surface area (Å²) in [6.07, 6.45) is 2.32. The lowest BCUT2D eigenvalue weighted by Gasteiger charge is -2.17. The normalized spacial score (nSPS) is 15.2. The van der Waals surface area contributed by atoms with E-state index in [2.05, 4.69) is 14.4 Å². The third kappa shape index (κ3) is 3.04. The van der Waals surface area contributed by atoms with Crippen LogP contribution in [-0.2, 0) is 14.8 Å². The zero-order valence-corrected chi connectivity index (χ0v) is 13.8. The lowest BCUT2D eigenvalue weighted by atomic mass is 10.2. The van der Waals surface area contributed by atoms with Gasteiger partial charge in [0.15, 0.2) is 0 Å². The molecule has 0 radical (unpaired) electrons. The largest absolute Gasteiger partial charge is 0.363 e. The highest BCUT2D eigenvalue weighted by atomic mass is 35.5. The molecule has 0 spiro atoms. The van der Waals surface area contributed by atoms with Gasteiger partial charge in [-0.1, -0.05) is 16.8 Å². The van der Waals surface area contributed by atoms with Crippen LogP contribution in [0.5, 0.6) is 0 Å². The predicted molar refractivity (Wildman–Crippen MR) is 85.1 cm³/mol. The van der Waals surface area contributed by atoms with E-state index in [1.54, 1.807) is 23.1 Å². The van der Waals surface area contributed by atoms with Gasteiger partial charge in [-0.15, -0.1) is 0 Å². The molecule has 1 N–H and O–H groups in total. The Balaban J connectivity index is 1.94. The molecular weight excluding hydrogens is 342 g/mol. The SMILES string of the molecule is Cc1nocc1S(=O)(=O)Nc1cc(N2CCCC2=O)ccc1Cl. The Hall–Kier alpha value is -2.06. The van der Waals surface area contributed by atoms with Crippen molar-refractivity contribution in [2.45, 2.75) is 24.7 Å². The van der Waals surface area contributed by atoms with Crippen molar-refractivity contribution in [2.75, 3.05) is 16.2 Å². The van der Waals surface area contributed by atoms with Gasteiger partial charge in [0.25, 0.3) is 10.0 Å². The number of aryl methyl sites for hydroxylation is 1. The first-order valence-electron chi connectivity index (χ1n) is 6.92. The predicted octanol–water partition coefficient (Wildman–Crippen LogP) is 2.56. The monoisotopic (exact) mass is 355 g/mol. The number of hydrogen-bond donors (Lipinski definition) is 1. The summed E-state index contributed by atoms with van der Waals surface area (Å²) in [5.41, 5.74) is 1.06. The average molecular weight is 356 g/mol. The van der Waals surface area contributed by atoms with Gasteiger partial charge in [0.1, 0.15) is 16.9 Å². The lowest BCUT2D eigenvalue weighted by Crippen LogP contribution is -2.24. The molecule has 1 aromatic heterocycles. The molecule has 0 saturated carbocycles. The van der Waals surface area contributed by atoms with Gasteiger partial charge >= 0.3 is 0 Å². The van der Waals surface area contributed by atoms with E-state index < -0.39 is 10.0 Å². The Morgan fingerprint density at radius 1 is 1.39 bits per heavy atom. The van der Waals surface area contributed by atoms with Crippen LogP contribution in [0.15, 0.2) is 33.9 Å². The molecule has 9 heteroatoms. The van der Waals surface area contributed by atoms with E-state index >= 15 is 0 Å². The first-order valence-corrected chi connectivity index (χ1v) is 8.78. The number of halogens is 1. The standard InChI is InChI=1S/C14H14ClN3O4S/c1-9-13(8-22-16-9)23(20,21)17-12-7-10(4-5-11(12)15)18-6-2-3-14(18)19/h4-5,7-8,17H,2-3,6H2,1H3. The van der Waals surface area contributed by atoms with Crippen LogP contribution in [0, 0.1) is 6.92 Å². The third-order valence-corrected chi connectivity index (χ3v) is 5.36. The number of aromatic nitrogens is 1. The number of rotatable bonds is 4. The highest BCUT2D eigenvalue weighted by molar-refractivity contribution is 7.92. The van der Waals surface area contributed by atoms with Crippen molar-refractivity contribution in [3.63, 3.8) is 0 Å². The number of anilines is 2. The molecule has 0 unspecified atom stereocenters. The second-order valence-corrected chi connectivity index (χ2v) is 7.24. The molecule has 0 aliphatic carbocycles. The number of sulfonamides is 1. The van der Waals surface area contributed by atoms with E-state index in [1.165, 1.54) is 6.92 Å². The van der Waals surface area contributed by atoms with Crippen LogP contribution in [-0.4, -0.2) is 26.0 Å². The molecule has 1 aliphatic heterocycles. The van der Waals surface area contributed by atoms with Gasteiger partial charge in [-0.3, -0.25) is 9.52 Å². The maximum atomic E-state index is 12.4. The summed E-state index contributed by atoms with van der Waals surface area (Å²) in [4.78, 5) is 13.4. The Bertz CT molecular complexity index is 863. The zero-order valence-electron chi connectivity index (χ0n) is 12.2. The van der Waals surface area contributed by atoms with Crippen LogP contribution in [0.2, 0.25) is 5.02 Å². The second kappa shape index (κ2) is 5.86. The van der Waals surface area contributed by atoms with Crippen LogP contribution in [0.4, 0.5) is 11.4 Å². The van der Waals surface area contributed by atoms with Crippen molar-refractivity contribution in [1.82, 2.24) is 5.16 Å². The molecular formula is C14H14ClN3O4S. The van der Waals surface area contributed by atoms with E-state index in [4.69, 9.17) is 11.6 Å². The van der Waals surface area contributed by atoms with Gasteiger partial charge in [-0.2, -0.15) is 0 Å². The maximum absolute atomic E-state index is 12.4. The number of benzene rings is 1. The summed E-state index contributed by atoms with van der Waals surface area (Å²) in [5, 5.41) is 3.79. The van der Waals surface area contributed by atoms with Crippen molar-refractivity contribution >= 4 is 38.9 Å². The molecule has 23 heavy (non-hydrogen) atoms. The van der Waals surface area contributed by atoms with Gasteiger partial charge in [0.05, 0.1) is 10.7 Å². The van der Waals surface area contributed by atoms with Crippen LogP contribution in [0.1, 0.15) is 18.5 Å². The van der Waals surface area contributed by atoms with Crippen molar-refractivity contribution in [3.05, 3.63) is 35.2 Å². The van der Waals surface area contributed by atoms with Crippen LogP contribution in [0.25, 0.3) is 0 Å². The van der Waals surface area contributed by atoms with E-state index in [0.29, 0.717) is 18.7 Å². The van der Waals surface area contributed by atoms with Gasteiger partial charge in [0.2, 0.25) is 5.91 Å². The quantitative estimate of drug-likeness (QED) is 0.909. The molecule has 1 fully saturated rings. The number of nitrogens with one attached hydrogen (secondary N) is 1.